The molecule has 6 heteroatoms. The predicted octanol–water partition coefficient (Wildman–Crippen LogP) is 4.01. The van der Waals surface area contributed by atoms with Gasteiger partial charge in [-0.25, -0.2) is 4.79 Å². The average Bonchev–Trinajstić information content (AvgIpc) is 2.97. The summed E-state index contributed by atoms with van der Waals surface area (Å²) in [4.78, 5) is 24.7. The number of ether oxygens (including phenoxy) is 2. The van der Waals surface area contributed by atoms with Crippen molar-refractivity contribution in [3.05, 3.63) is 59.0 Å². The predicted molar refractivity (Wildman–Crippen MR) is 98.5 cm³/mol. The van der Waals surface area contributed by atoms with Gasteiger partial charge < -0.3 is 14.8 Å². The van der Waals surface area contributed by atoms with Crippen LogP contribution in [0.15, 0.2) is 48.5 Å². The normalized spacial score (nSPS) is 10.5. The summed E-state index contributed by atoms with van der Waals surface area (Å²) in [6, 6.07) is 14.7. The van der Waals surface area contributed by atoms with Gasteiger partial charge in [-0.05, 0) is 48.2 Å². The zero-order valence-electron chi connectivity index (χ0n) is 13.9. The van der Waals surface area contributed by atoms with Gasteiger partial charge in [0.1, 0.15) is 10.6 Å². The monoisotopic (exact) mass is 355 g/mol. The maximum Gasteiger partial charge on any atom is 0.349 e. The quantitative estimate of drug-likeness (QED) is 0.702. The van der Waals surface area contributed by atoms with Crippen LogP contribution in [0, 0.1) is 6.92 Å². The van der Waals surface area contributed by atoms with Gasteiger partial charge in [-0.2, -0.15) is 0 Å². The van der Waals surface area contributed by atoms with E-state index in [-0.39, 0.29) is 6.61 Å². The molecule has 1 heterocycles. The van der Waals surface area contributed by atoms with Gasteiger partial charge in [0.2, 0.25) is 0 Å². The van der Waals surface area contributed by atoms with Crippen LogP contribution in [-0.4, -0.2) is 25.6 Å². The summed E-state index contributed by atoms with van der Waals surface area (Å²) in [7, 11) is 1.57. The third kappa shape index (κ3) is 3.80. The molecule has 0 aliphatic carbocycles. The molecule has 1 aromatic heterocycles. The van der Waals surface area contributed by atoms with Crippen LogP contribution in [0.4, 0.5) is 5.69 Å². The van der Waals surface area contributed by atoms with E-state index in [1.807, 2.05) is 31.2 Å². The van der Waals surface area contributed by atoms with Crippen molar-refractivity contribution in [1.29, 1.82) is 0 Å². The van der Waals surface area contributed by atoms with E-state index in [1.54, 1.807) is 31.4 Å². The Morgan fingerprint density at radius 2 is 1.80 bits per heavy atom. The Morgan fingerprint density at radius 3 is 2.48 bits per heavy atom. The van der Waals surface area contributed by atoms with Crippen molar-refractivity contribution in [1.82, 2.24) is 0 Å². The maximum absolute atomic E-state index is 12.3. The molecule has 0 fully saturated rings. The number of carbonyl (C=O) groups is 2. The first-order valence-corrected chi connectivity index (χ1v) is 8.49. The summed E-state index contributed by atoms with van der Waals surface area (Å²) in [5.41, 5.74) is 1.49. The van der Waals surface area contributed by atoms with E-state index in [1.165, 1.54) is 11.3 Å². The number of nitrogens with one attached hydrogen (secondary N) is 1. The summed E-state index contributed by atoms with van der Waals surface area (Å²) in [6.07, 6.45) is 0. The number of esters is 1. The average molecular weight is 355 g/mol. The second kappa shape index (κ2) is 7.36. The third-order valence-corrected chi connectivity index (χ3v) is 4.99. The van der Waals surface area contributed by atoms with Crippen molar-refractivity contribution < 1.29 is 19.1 Å². The summed E-state index contributed by atoms with van der Waals surface area (Å²) >= 11 is 1.37. The van der Waals surface area contributed by atoms with Crippen LogP contribution in [0.2, 0.25) is 0 Å². The first kappa shape index (κ1) is 17.0. The minimum atomic E-state index is -0.483. The molecule has 3 rings (SSSR count). The fourth-order valence-electron chi connectivity index (χ4n) is 2.44. The molecule has 0 radical (unpaired) electrons. The molecule has 128 valence electrons. The highest BCUT2D eigenvalue weighted by Gasteiger charge is 2.17. The zero-order chi connectivity index (χ0) is 17.8. The maximum atomic E-state index is 12.3. The standard InChI is InChI=1S/C19H17NO4S/c1-12-15-5-3-4-6-16(15)25-18(12)19(22)24-11-17(21)20-13-7-9-14(23-2)10-8-13/h3-10H,11H2,1-2H3,(H,20,21). The van der Waals surface area contributed by atoms with Crippen molar-refractivity contribution in [2.75, 3.05) is 19.0 Å². The van der Waals surface area contributed by atoms with Crippen molar-refractivity contribution in [3.8, 4) is 5.75 Å². The van der Waals surface area contributed by atoms with Crippen LogP contribution in [0.25, 0.3) is 10.1 Å². The van der Waals surface area contributed by atoms with Crippen LogP contribution in [0.5, 0.6) is 5.75 Å². The lowest BCUT2D eigenvalue weighted by molar-refractivity contribution is -0.119. The first-order chi connectivity index (χ1) is 12.1. The van der Waals surface area contributed by atoms with Crippen LogP contribution in [0.3, 0.4) is 0 Å². The number of amides is 1. The molecular weight excluding hydrogens is 338 g/mol. The topological polar surface area (TPSA) is 64.6 Å². The van der Waals surface area contributed by atoms with Gasteiger partial charge in [0, 0.05) is 10.4 Å². The molecule has 0 spiro atoms. The van der Waals surface area contributed by atoms with Gasteiger partial charge in [-0.1, -0.05) is 18.2 Å². The van der Waals surface area contributed by atoms with Gasteiger partial charge in [0.25, 0.3) is 5.91 Å². The van der Waals surface area contributed by atoms with E-state index in [9.17, 15) is 9.59 Å². The molecule has 0 unspecified atom stereocenters. The Morgan fingerprint density at radius 1 is 1.08 bits per heavy atom. The molecule has 0 saturated heterocycles. The van der Waals surface area contributed by atoms with Crippen molar-refractivity contribution in [3.63, 3.8) is 0 Å². The SMILES string of the molecule is COc1ccc(NC(=O)COC(=O)c2sc3ccccc3c2C)cc1. The molecule has 25 heavy (non-hydrogen) atoms. The van der Waals surface area contributed by atoms with E-state index in [4.69, 9.17) is 9.47 Å². The molecule has 0 aliphatic heterocycles. The number of rotatable bonds is 5. The molecule has 1 amide bonds. The Balaban J connectivity index is 1.60. The smallest absolute Gasteiger partial charge is 0.349 e. The van der Waals surface area contributed by atoms with E-state index < -0.39 is 11.9 Å². The molecule has 0 aliphatic rings. The number of thiophene rings is 1. The summed E-state index contributed by atoms with van der Waals surface area (Å²) in [5, 5.41) is 3.70. The lowest BCUT2D eigenvalue weighted by Gasteiger charge is -2.07. The number of benzene rings is 2. The highest BCUT2D eigenvalue weighted by atomic mass is 32.1. The van der Waals surface area contributed by atoms with Gasteiger partial charge in [-0.15, -0.1) is 11.3 Å². The molecule has 0 saturated carbocycles. The summed E-state index contributed by atoms with van der Waals surface area (Å²) < 4.78 is 11.2. The van der Waals surface area contributed by atoms with Crippen LogP contribution in [0.1, 0.15) is 15.2 Å². The molecule has 1 N–H and O–H groups in total. The molecular formula is C19H17NO4S. The van der Waals surface area contributed by atoms with E-state index >= 15 is 0 Å². The minimum Gasteiger partial charge on any atom is -0.497 e. The molecule has 0 bridgehead atoms. The number of methoxy groups -OCH3 is 1. The van der Waals surface area contributed by atoms with E-state index in [0.717, 1.165) is 15.6 Å². The number of carbonyl (C=O) groups excluding carboxylic acids is 2. The summed E-state index contributed by atoms with van der Waals surface area (Å²) in [6.45, 7) is 1.55. The Kier molecular flexibility index (Phi) is 5.00. The minimum absolute atomic E-state index is 0.335. The first-order valence-electron chi connectivity index (χ1n) is 7.67. The molecule has 2 aromatic carbocycles. The van der Waals surface area contributed by atoms with Crippen LogP contribution in [-0.2, 0) is 9.53 Å². The number of aryl methyl sites for hydroxylation is 1. The lowest BCUT2D eigenvalue weighted by Crippen LogP contribution is -2.20. The lowest BCUT2D eigenvalue weighted by atomic mass is 10.1. The highest BCUT2D eigenvalue weighted by molar-refractivity contribution is 7.21. The molecule has 0 atom stereocenters. The Hall–Kier alpha value is -2.86. The van der Waals surface area contributed by atoms with Gasteiger partial charge in [0.15, 0.2) is 6.61 Å². The number of hydrogen-bond donors (Lipinski definition) is 1. The van der Waals surface area contributed by atoms with Crippen LogP contribution >= 0.6 is 11.3 Å². The van der Waals surface area contributed by atoms with Gasteiger partial charge in [-0.3, -0.25) is 4.79 Å². The number of anilines is 1. The van der Waals surface area contributed by atoms with E-state index in [2.05, 4.69) is 5.32 Å². The van der Waals surface area contributed by atoms with Crippen LogP contribution < -0.4 is 10.1 Å². The van der Waals surface area contributed by atoms with Gasteiger partial charge in [0.05, 0.1) is 7.11 Å². The number of fused-ring (bicyclic) bond motifs is 1. The second-order valence-electron chi connectivity index (χ2n) is 5.41. The van der Waals surface area contributed by atoms with Crippen molar-refractivity contribution in [2.45, 2.75) is 6.92 Å². The van der Waals surface area contributed by atoms with Crippen molar-refractivity contribution >= 4 is 39.0 Å². The highest BCUT2D eigenvalue weighted by Crippen LogP contribution is 2.30. The van der Waals surface area contributed by atoms with Gasteiger partial charge >= 0.3 is 5.97 Å². The number of hydrogen-bond acceptors (Lipinski definition) is 5. The largest absolute Gasteiger partial charge is 0.497 e. The van der Waals surface area contributed by atoms with E-state index in [0.29, 0.717) is 16.3 Å². The fourth-order valence-corrected chi connectivity index (χ4v) is 3.54. The molecule has 5 nitrogen and oxygen atoms in total. The van der Waals surface area contributed by atoms with Crippen molar-refractivity contribution in [2.24, 2.45) is 0 Å². The zero-order valence-corrected chi connectivity index (χ0v) is 14.7. The second-order valence-corrected chi connectivity index (χ2v) is 6.46. The Bertz CT molecular complexity index is 915. The third-order valence-electron chi connectivity index (χ3n) is 3.74. The molecule has 3 aromatic rings. The Labute approximate surface area is 149 Å². The fraction of sp³-hybridized carbons (Fsp3) is 0.158. The summed E-state index contributed by atoms with van der Waals surface area (Å²) in [5.74, 6) is -0.175.